The third-order valence-electron chi connectivity index (χ3n) is 7.36. The van der Waals surface area contributed by atoms with Crippen LogP contribution in [0.1, 0.15) is 54.6 Å². The first-order valence-electron chi connectivity index (χ1n) is 11.0. The quantitative estimate of drug-likeness (QED) is 0.556. The minimum Gasteiger partial charge on any atom is -0.481 e. The molecule has 0 unspecified atom stereocenters. The second-order valence-corrected chi connectivity index (χ2v) is 10.4. The van der Waals surface area contributed by atoms with Crippen LogP contribution in [-0.4, -0.2) is 34.0 Å². The van der Waals surface area contributed by atoms with E-state index in [-0.39, 0.29) is 39.4 Å². The number of aromatic carboxylic acids is 1. The number of nitrogens with zero attached hydrogens (tertiary/aromatic N) is 1. The Kier molecular flexibility index (Phi) is 5.62. The molecule has 4 aliphatic carbocycles. The molecule has 1 heterocycles. The van der Waals surface area contributed by atoms with Gasteiger partial charge in [0, 0.05) is 5.54 Å². The highest BCUT2D eigenvalue weighted by atomic mass is 35.5. The van der Waals surface area contributed by atoms with Crippen molar-refractivity contribution in [2.24, 2.45) is 17.8 Å². The van der Waals surface area contributed by atoms with Crippen LogP contribution in [0.3, 0.4) is 0 Å². The molecule has 4 aliphatic rings. The lowest BCUT2D eigenvalue weighted by Gasteiger charge is -2.60. The summed E-state index contributed by atoms with van der Waals surface area (Å²) in [5.74, 6) is 1.64. The van der Waals surface area contributed by atoms with E-state index >= 15 is 0 Å². The zero-order chi connectivity index (χ0) is 22.5. The summed E-state index contributed by atoms with van der Waals surface area (Å²) in [7, 11) is 0. The molecule has 0 atom stereocenters. The lowest BCUT2D eigenvalue weighted by Crippen LogP contribution is -2.61. The van der Waals surface area contributed by atoms with Crippen molar-refractivity contribution in [1.29, 1.82) is 0 Å². The number of carboxylic acids is 1. The number of furan rings is 1. The number of rotatable bonds is 7. The monoisotopic (exact) mass is 477 g/mol. The summed E-state index contributed by atoms with van der Waals surface area (Å²) in [6, 6.07) is 6.27. The third kappa shape index (κ3) is 3.99. The van der Waals surface area contributed by atoms with Gasteiger partial charge in [0.05, 0.1) is 28.4 Å². The molecule has 1 aromatic carbocycles. The van der Waals surface area contributed by atoms with Crippen molar-refractivity contribution >= 4 is 35.1 Å². The van der Waals surface area contributed by atoms with Crippen molar-refractivity contribution in [3.05, 3.63) is 51.9 Å². The zero-order valence-corrected chi connectivity index (χ0v) is 19.1. The standard InChI is InChI=1S/C24H25Cl2NO5/c25-19-7-17(23(29)30)8-20(26)22(19)32-13-21(28)27(12-18-2-1-3-31-18)24-9-14-4-15(10-24)6-16(5-14)11-24/h1-3,7-8,14-16H,4-6,9-13H2,(H,29,30). The van der Waals surface area contributed by atoms with E-state index < -0.39 is 5.97 Å². The van der Waals surface area contributed by atoms with E-state index in [9.17, 15) is 9.59 Å². The molecular formula is C24H25Cl2NO5. The summed E-state index contributed by atoms with van der Waals surface area (Å²) >= 11 is 12.4. The molecule has 1 amide bonds. The minimum atomic E-state index is -1.14. The summed E-state index contributed by atoms with van der Waals surface area (Å²) in [6.45, 7) is 0.176. The van der Waals surface area contributed by atoms with Gasteiger partial charge < -0.3 is 19.2 Å². The highest BCUT2D eigenvalue weighted by molar-refractivity contribution is 6.37. The van der Waals surface area contributed by atoms with Crippen molar-refractivity contribution in [3.8, 4) is 5.75 Å². The summed E-state index contributed by atoms with van der Waals surface area (Å²) in [6.07, 6.45) is 8.54. The van der Waals surface area contributed by atoms with E-state index in [4.69, 9.17) is 37.5 Å². The smallest absolute Gasteiger partial charge is 0.335 e. The number of hydrogen-bond acceptors (Lipinski definition) is 4. The summed E-state index contributed by atoms with van der Waals surface area (Å²) in [4.78, 5) is 26.7. The Bertz CT molecular complexity index is 977. The molecule has 0 saturated heterocycles. The number of carbonyl (C=O) groups excluding carboxylic acids is 1. The van der Waals surface area contributed by atoms with Crippen LogP contribution in [0.25, 0.3) is 0 Å². The van der Waals surface area contributed by atoms with E-state index in [0.717, 1.165) is 25.0 Å². The van der Waals surface area contributed by atoms with Crippen LogP contribution >= 0.6 is 23.2 Å². The van der Waals surface area contributed by atoms with Crippen LogP contribution in [0.15, 0.2) is 34.9 Å². The first kappa shape index (κ1) is 21.7. The fourth-order valence-corrected chi connectivity index (χ4v) is 7.10. The van der Waals surface area contributed by atoms with Crippen molar-refractivity contribution in [1.82, 2.24) is 4.90 Å². The maximum Gasteiger partial charge on any atom is 0.335 e. The lowest BCUT2D eigenvalue weighted by molar-refractivity contribution is -0.155. The molecule has 170 valence electrons. The number of benzene rings is 1. The molecule has 0 spiro atoms. The first-order chi connectivity index (χ1) is 15.3. The predicted octanol–water partition coefficient (Wildman–Crippen LogP) is 5.66. The first-order valence-corrected chi connectivity index (χ1v) is 11.8. The second-order valence-electron chi connectivity index (χ2n) is 9.56. The molecule has 4 bridgehead atoms. The lowest BCUT2D eigenvalue weighted by atomic mass is 9.52. The van der Waals surface area contributed by atoms with Gasteiger partial charge in [0.1, 0.15) is 5.76 Å². The normalized spacial score (nSPS) is 28.0. The fourth-order valence-electron chi connectivity index (χ4n) is 6.51. The molecular weight excluding hydrogens is 453 g/mol. The van der Waals surface area contributed by atoms with Crippen LogP contribution in [-0.2, 0) is 11.3 Å². The number of amides is 1. The summed E-state index contributed by atoms with van der Waals surface area (Å²) in [5.41, 5.74) is -0.199. The van der Waals surface area contributed by atoms with Gasteiger partial charge in [-0.25, -0.2) is 4.79 Å². The summed E-state index contributed by atoms with van der Waals surface area (Å²) in [5, 5.41) is 9.29. The van der Waals surface area contributed by atoms with Gasteiger partial charge in [-0.05, 0) is 80.5 Å². The Hall–Kier alpha value is -2.18. The van der Waals surface area contributed by atoms with Gasteiger partial charge in [-0.1, -0.05) is 23.2 Å². The van der Waals surface area contributed by atoms with Crippen LogP contribution in [0.2, 0.25) is 10.0 Å². The predicted molar refractivity (Wildman–Crippen MR) is 119 cm³/mol. The Morgan fingerprint density at radius 2 is 1.69 bits per heavy atom. The highest BCUT2D eigenvalue weighted by Crippen LogP contribution is 2.58. The molecule has 0 aliphatic heterocycles. The number of hydrogen-bond donors (Lipinski definition) is 1. The Morgan fingerprint density at radius 3 is 2.19 bits per heavy atom. The average Bonchev–Trinajstić information content (AvgIpc) is 3.23. The van der Waals surface area contributed by atoms with Crippen LogP contribution in [0, 0.1) is 17.8 Å². The minimum absolute atomic E-state index is 0.0355. The van der Waals surface area contributed by atoms with Crippen molar-refractivity contribution in [2.45, 2.75) is 50.6 Å². The van der Waals surface area contributed by atoms with Gasteiger partial charge in [-0.15, -0.1) is 0 Å². The molecule has 32 heavy (non-hydrogen) atoms. The molecule has 1 aromatic heterocycles. The number of halogens is 2. The molecule has 2 aromatic rings. The third-order valence-corrected chi connectivity index (χ3v) is 7.92. The van der Waals surface area contributed by atoms with Crippen LogP contribution in [0.4, 0.5) is 0 Å². The van der Waals surface area contributed by atoms with Crippen molar-refractivity contribution in [2.75, 3.05) is 6.61 Å². The van der Waals surface area contributed by atoms with E-state index in [2.05, 4.69) is 0 Å². The Labute approximate surface area is 196 Å². The number of carboxylic acid groups (broad SMARTS) is 1. The van der Waals surface area contributed by atoms with Gasteiger partial charge in [0.15, 0.2) is 12.4 Å². The van der Waals surface area contributed by atoms with E-state index in [1.54, 1.807) is 6.26 Å². The fraction of sp³-hybridized carbons (Fsp3) is 0.500. The summed E-state index contributed by atoms with van der Waals surface area (Å²) < 4.78 is 11.3. The van der Waals surface area contributed by atoms with Gasteiger partial charge >= 0.3 is 5.97 Å². The number of ether oxygens (including phenoxy) is 1. The van der Waals surface area contributed by atoms with E-state index in [0.29, 0.717) is 24.3 Å². The van der Waals surface area contributed by atoms with Gasteiger partial charge in [0.2, 0.25) is 0 Å². The van der Waals surface area contributed by atoms with Crippen molar-refractivity contribution in [3.63, 3.8) is 0 Å². The van der Waals surface area contributed by atoms with E-state index in [1.165, 1.54) is 31.4 Å². The largest absolute Gasteiger partial charge is 0.481 e. The molecule has 6 nitrogen and oxygen atoms in total. The molecule has 6 rings (SSSR count). The Balaban J connectivity index is 1.38. The second kappa shape index (κ2) is 8.31. The van der Waals surface area contributed by atoms with Crippen LogP contribution < -0.4 is 4.74 Å². The molecule has 1 N–H and O–H groups in total. The molecule has 4 saturated carbocycles. The van der Waals surface area contributed by atoms with Gasteiger partial charge in [-0.3, -0.25) is 4.79 Å². The SMILES string of the molecule is O=C(O)c1cc(Cl)c(OCC(=O)N(Cc2ccco2)C23CC4CC(CC(C4)C2)C3)c(Cl)c1. The van der Waals surface area contributed by atoms with Crippen LogP contribution in [0.5, 0.6) is 5.75 Å². The molecule has 4 fully saturated rings. The maximum absolute atomic E-state index is 13.5. The Morgan fingerprint density at radius 1 is 1.09 bits per heavy atom. The maximum atomic E-state index is 13.5. The number of carbonyl (C=O) groups is 2. The highest BCUT2D eigenvalue weighted by Gasteiger charge is 2.54. The van der Waals surface area contributed by atoms with Gasteiger partial charge in [0.25, 0.3) is 5.91 Å². The molecule has 0 radical (unpaired) electrons. The molecule has 8 heteroatoms. The van der Waals surface area contributed by atoms with Crippen molar-refractivity contribution < 1.29 is 23.8 Å². The van der Waals surface area contributed by atoms with Gasteiger partial charge in [-0.2, -0.15) is 0 Å². The topological polar surface area (TPSA) is 80.0 Å². The zero-order valence-electron chi connectivity index (χ0n) is 17.6. The van der Waals surface area contributed by atoms with E-state index in [1.807, 2.05) is 17.0 Å². The average molecular weight is 478 g/mol.